The van der Waals surface area contributed by atoms with Gasteiger partial charge in [0.15, 0.2) is 0 Å². The van der Waals surface area contributed by atoms with E-state index in [0.29, 0.717) is 355 Å². The lowest BCUT2D eigenvalue weighted by molar-refractivity contribution is -0.0323. The van der Waals surface area contributed by atoms with Crippen LogP contribution in [0.3, 0.4) is 0 Å². The summed E-state index contributed by atoms with van der Waals surface area (Å²) in [6.07, 6.45) is 2.15. The predicted molar refractivity (Wildman–Crippen MR) is 331 cm³/mol. The Labute approximate surface area is 535 Å². The fourth-order valence-electron chi connectivity index (χ4n) is 6.46. The van der Waals surface area contributed by atoms with E-state index in [1.54, 1.807) is 0 Å². The Kier molecular flexibility index (Phi) is 82.0. The highest BCUT2D eigenvalue weighted by atomic mass is 16.6. The van der Waals surface area contributed by atoms with Crippen LogP contribution in [-0.2, 0) is 128 Å². The van der Waals surface area contributed by atoms with E-state index >= 15 is 0 Å². The van der Waals surface area contributed by atoms with Crippen LogP contribution in [0.25, 0.3) is 0 Å². The largest absolute Gasteiger partial charge is 0.379 e. The molecule has 27 heteroatoms. The first-order valence-corrected chi connectivity index (χ1v) is 32.7. The molecule has 0 aromatic heterocycles. The van der Waals surface area contributed by atoms with Crippen molar-refractivity contribution >= 4 is 0 Å². The fraction of sp³-hybridized carbons (Fsp3) is 1.00. The average molecular weight is 1300 g/mol. The zero-order chi connectivity index (χ0) is 63.8. The molecule has 27 nitrogen and oxygen atoms in total. The smallest absolute Gasteiger partial charge is 0.0701 e. The third kappa shape index (κ3) is 86.9. The molecule has 0 aliphatic heterocycles. The monoisotopic (exact) mass is 1300 g/mol. The molecular formula is C62H126O27. The molecule has 0 fully saturated rings. The van der Waals surface area contributed by atoms with Gasteiger partial charge in [-0.05, 0) is 24.7 Å². The first kappa shape index (κ1) is 87.9. The van der Waals surface area contributed by atoms with Gasteiger partial charge in [0.2, 0.25) is 0 Å². The van der Waals surface area contributed by atoms with E-state index in [4.69, 9.17) is 128 Å². The first-order chi connectivity index (χ1) is 44.1. The highest BCUT2D eigenvalue weighted by Gasteiger charge is 2.02. The van der Waals surface area contributed by atoms with Gasteiger partial charge in [-0.2, -0.15) is 0 Å². The molecule has 0 aromatic carbocycles. The molecule has 0 unspecified atom stereocenters. The van der Waals surface area contributed by atoms with Gasteiger partial charge in [0.25, 0.3) is 0 Å². The molecule has 0 spiro atoms. The van der Waals surface area contributed by atoms with Crippen molar-refractivity contribution in [3.8, 4) is 0 Å². The minimum absolute atomic E-state index is 0.485. The van der Waals surface area contributed by atoms with Gasteiger partial charge in [-0.3, -0.25) is 0 Å². The summed E-state index contributed by atoms with van der Waals surface area (Å²) in [7, 11) is 0. The van der Waals surface area contributed by atoms with E-state index in [-0.39, 0.29) is 0 Å². The second-order valence-corrected chi connectivity index (χ2v) is 19.9. The van der Waals surface area contributed by atoms with E-state index < -0.39 is 0 Å². The Hall–Kier alpha value is -1.08. The Morgan fingerprint density at radius 2 is 0.157 bits per heavy atom. The quantitative estimate of drug-likeness (QED) is 0.0790. The fourth-order valence-corrected chi connectivity index (χ4v) is 6.46. The Morgan fingerprint density at radius 3 is 0.213 bits per heavy atom. The Bertz CT molecular complexity index is 1140. The summed E-state index contributed by atoms with van der Waals surface area (Å²) in [6, 6.07) is 0. The van der Waals surface area contributed by atoms with Gasteiger partial charge in [0, 0.05) is 13.2 Å². The van der Waals surface area contributed by atoms with Crippen molar-refractivity contribution in [2.75, 3.05) is 357 Å². The van der Waals surface area contributed by atoms with Crippen molar-refractivity contribution in [3.63, 3.8) is 0 Å². The van der Waals surface area contributed by atoms with E-state index in [0.717, 1.165) is 26.1 Å². The topological polar surface area (TPSA) is 249 Å². The van der Waals surface area contributed by atoms with Crippen LogP contribution < -0.4 is 0 Å². The van der Waals surface area contributed by atoms with Gasteiger partial charge in [0.1, 0.15) is 0 Å². The standard InChI is InChI=1S/C62H126O27/c1-61(2)5-7-63-9-11-65-13-15-67-17-19-69-21-23-71-25-27-73-29-31-75-33-35-77-37-39-79-41-43-81-45-47-83-49-51-85-53-55-87-57-59-89-60-58-88-56-54-86-52-50-84-48-46-82-44-42-80-40-38-78-36-34-76-32-30-74-28-26-72-24-22-70-20-18-68-16-14-66-12-10-64-8-6-62(3)4/h61-62H,5-60H2,1-4H3. The Morgan fingerprint density at radius 1 is 0.101 bits per heavy atom. The summed E-state index contributed by atoms with van der Waals surface area (Å²) in [6.45, 7) is 36.7. The van der Waals surface area contributed by atoms with E-state index in [2.05, 4.69) is 27.7 Å². The molecule has 0 bridgehead atoms. The van der Waals surface area contributed by atoms with Crippen molar-refractivity contribution in [1.82, 2.24) is 0 Å². The molecule has 0 rings (SSSR count). The second kappa shape index (κ2) is 83.0. The lowest BCUT2D eigenvalue weighted by Crippen LogP contribution is -2.16. The summed E-state index contributed by atoms with van der Waals surface area (Å²) in [5.41, 5.74) is 0. The summed E-state index contributed by atoms with van der Waals surface area (Å²) in [5, 5.41) is 0. The average Bonchev–Trinajstić information content (AvgIpc) is 3.53. The third-order valence-electron chi connectivity index (χ3n) is 11.4. The molecule has 536 valence electrons. The molecule has 0 heterocycles. The summed E-state index contributed by atoms with van der Waals surface area (Å²) in [4.78, 5) is 0. The van der Waals surface area contributed by atoms with Crippen LogP contribution in [0.1, 0.15) is 40.5 Å². The number of ether oxygens (including phenoxy) is 27. The minimum Gasteiger partial charge on any atom is -0.379 e. The maximum Gasteiger partial charge on any atom is 0.0701 e. The van der Waals surface area contributed by atoms with E-state index in [9.17, 15) is 0 Å². The molecular weight excluding hydrogens is 1180 g/mol. The number of hydrogen-bond donors (Lipinski definition) is 0. The van der Waals surface area contributed by atoms with Crippen molar-refractivity contribution in [2.24, 2.45) is 11.8 Å². The van der Waals surface area contributed by atoms with Crippen LogP contribution in [-0.4, -0.2) is 357 Å². The zero-order valence-corrected chi connectivity index (χ0v) is 55.8. The van der Waals surface area contributed by atoms with Crippen LogP contribution >= 0.6 is 0 Å². The van der Waals surface area contributed by atoms with E-state index in [1.807, 2.05) is 0 Å². The first-order valence-electron chi connectivity index (χ1n) is 32.7. The molecule has 0 saturated heterocycles. The number of rotatable bonds is 84. The zero-order valence-electron chi connectivity index (χ0n) is 55.8. The van der Waals surface area contributed by atoms with Gasteiger partial charge >= 0.3 is 0 Å². The third-order valence-corrected chi connectivity index (χ3v) is 11.4. The van der Waals surface area contributed by atoms with Crippen molar-refractivity contribution in [2.45, 2.75) is 40.5 Å². The predicted octanol–water partition coefficient (Wildman–Crippen LogP) is 3.53. The molecule has 0 aliphatic carbocycles. The van der Waals surface area contributed by atoms with Crippen LogP contribution in [0.15, 0.2) is 0 Å². The Balaban J connectivity index is 3.09. The van der Waals surface area contributed by atoms with Gasteiger partial charge < -0.3 is 128 Å². The molecule has 0 aliphatic rings. The van der Waals surface area contributed by atoms with Crippen LogP contribution in [0.2, 0.25) is 0 Å². The van der Waals surface area contributed by atoms with Gasteiger partial charge in [0.05, 0.1) is 344 Å². The van der Waals surface area contributed by atoms with Crippen molar-refractivity contribution < 1.29 is 128 Å². The summed E-state index contributed by atoms with van der Waals surface area (Å²) < 4.78 is 149. The van der Waals surface area contributed by atoms with Crippen LogP contribution in [0.5, 0.6) is 0 Å². The van der Waals surface area contributed by atoms with Crippen molar-refractivity contribution in [1.29, 1.82) is 0 Å². The van der Waals surface area contributed by atoms with Crippen molar-refractivity contribution in [3.05, 3.63) is 0 Å². The molecule has 0 saturated carbocycles. The van der Waals surface area contributed by atoms with Crippen LogP contribution in [0, 0.1) is 11.8 Å². The van der Waals surface area contributed by atoms with Gasteiger partial charge in [-0.15, -0.1) is 0 Å². The molecule has 89 heavy (non-hydrogen) atoms. The maximum absolute atomic E-state index is 5.54. The molecule has 0 amide bonds. The van der Waals surface area contributed by atoms with Gasteiger partial charge in [-0.1, -0.05) is 27.7 Å². The maximum atomic E-state index is 5.54. The molecule has 0 radical (unpaired) electrons. The lowest BCUT2D eigenvalue weighted by atomic mass is 10.1. The lowest BCUT2D eigenvalue weighted by Gasteiger charge is -2.09. The second-order valence-electron chi connectivity index (χ2n) is 19.9. The highest BCUT2D eigenvalue weighted by molar-refractivity contribution is 4.46. The SMILES string of the molecule is CC(C)CCOCCOCCOCCOCCOCCOCCOCCOCCOCCOCCOCCOCCOCCOCCOCCOCCOCCOCCOCCOCCOCCOCCOCCOCCOCCOCCOCCC(C)C. The van der Waals surface area contributed by atoms with Crippen LogP contribution in [0.4, 0.5) is 0 Å². The van der Waals surface area contributed by atoms with E-state index in [1.165, 1.54) is 0 Å². The molecule has 0 atom stereocenters. The molecule has 0 aromatic rings. The normalized spacial score (nSPS) is 11.9. The van der Waals surface area contributed by atoms with Gasteiger partial charge in [-0.25, -0.2) is 0 Å². The molecule has 0 N–H and O–H groups in total. The summed E-state index contributed by atoms with van der Waals surface area (Å²) in [5.74, 6) is 1.32. The number of hydrogen-bond acceptors (Lipinski definition) is 27. The summed E-state index contributed by atoms with van der Waals surface area (Å²) >= 11 is 0. The highest BCUT2D eigenvalue weighted by Crippen LogP contribution is 2.00. The minimum atomic E-state index is 0.485.